The summed E-state index contributed by atoms with van der Waals surface area (Å²) in [5, 5.41) is 0.766. The van der Waals surface area contributed by atoms with Crippen molar-refractivity contribution in [2.75, 3.05) is 12.9 Å². The van der Waals surface area contributed by atoms with Crippen LogP contribution in [0.25, 0.3) is 0 Å². The van der Waals surface area contributed by atoms with Crippen molar-refractivity contribution in [2.24, 2.45) is 5.84 Å². The molecule has 1 rings (SSSR count). The second-order valence-electron chi connectivity index (χ2n) is 5.13. The number of hydrogen-bond donors (Lipinski definition) is 2. The Kier molecular flexibility index (Phi) is 7.18. The Labute approximate surface area is 125 Å². The first-order valence-corrected chi connectivity index (χ1v) is 7.73. The molecule has 0 heterocycles. The number of methoxy groups -OCH3 is 1. The summed E-state index contributed by atoms with van der Waals surface area (Å²) >= 11 is 7.72. The fraction of sp³-hybridized carbons (Fsp3) is 0.571. The quantitative estimate of drug-likeness (QED) is 0.438. The van der Waals surface area contributed by atoms with E-state index in [-0.39, 0.29) is 11.6 Å². The van der Waals surface area contributed by atoms with Crippen molar-refractivity contribution in [2.45, 2.75) is 43.2 Å². The summed E-state index contributed by atoms with van der Waals surface area (Å²) in [6, 6.07) is 8.13. The van der Waals surface area contributed by atoms with Gasteiger partial charge in [0.2, 0.25) is 0 Å². The number of nitrogens with two attached hydrogens (primary N) is 1. The summed E-state index contributed by atoms with van der Waals surface area (Å²) < 4.78 is 5.42. The van der Waals surface area contributed by atoms with Crippen molar-refractivity contribution in [1.29, 1.82) is 0 Å². The van der Waals surface area contributed by atoms with Crippen molar-refractivity contribution in [3.05, 3.63) is 29.3 Å². The molecule has 0 aliphatic rings. The highest BCUT2D eigenvalue weighted by atomic mass is 35.5. The number of benzene rings is 1. The SMILES string of the molecule is COC(C)(C)CCC(CSc1cccc(Cl)c1)NN. The Balaban J connectivity index is 2.40. The van der Waals surface area contributed by atoms with Crippen LogP contribution >= 0.6 is 23.4 Å². The van der Waals surface area contributed by atoms with Crippen LogP contribution in [0.1, 0.15) is 26.7 Å². The molecule has 108 valence electrons. The van der Waals surface area contributed by atoms with Crippen LogP contribution in [0.15, 0.2) is 29.2 Å². The molecule has 0 spiro atoms. The van der Waals surface area contributed by atoms with Gasteiger partial charge in [-0.1, -0.05) is 17.7 Å². The Morgan fingerprint density at radius 2 is 2.21 bits per heavy atom. The van der Waals surface area contributed by atoms with Crippen molar-refractivity contribution in [3.63, 3.8) is 0 Å². The van der Waals surface area contributed by atoms with Gasteiger partial charge in [0, 0.05) is 28.8 Å². The molecule has 5 heteroatoms. The van der Waals surface area contributed by atoms with Crippen LogP contribution in [0.2, 0.25) is 5.02 Å². The average molecular weight is 303 g/mol. The van der Waals surface area contributed by atoms with Crippen molar-refractivity contribution >= 4 is 23.4 Å². The standard InChI is InChI=1S/C14H23ClN2OS/c1-14(2,18-3)8-7-12(17-16)10-19-13-6-4-5-11(15)9-13/h4-6,9,12,17H,7-8,10,16H2,1-3H3. The highest BCUT2D eigenvalue weighted by Gasteiger charge is 2.18. The molecule has 3 N–H and O–H groups in total. The zero-order chi connectivity index (χ0) is 14.3. The maximum absolute atomic E-state index is 5.96. The fourth-order valence-corrected chi connectivity index (χ4v) is 2.89. The van der Waals surface area contributed by atoms with E-state index in [1.165, 1.54) is 4.90 Å². The molecule has 0 saturated carbocycles. The van der Waals surface area contributed by atoms with Crippen LogP contribution in [-0.2, 0) is 4.74 Å². The fourth-order valence-electron chi connectivity index (χ4n) is 1.59. The molecule has 1 atom stereocenters. The van der Waals surface area contributed by atoms with Gasteiger partial charge in [0.05, 0.1) is 5.60 Å². The van der Waals surface area contributed by atoms with Crippen molar-refractivity contribution in [3.8, 4) is 0 Å². The topological polar surface area (TPSA) is 47.3 Å². The molecule has 1 unspecified atom stereocenters. The normalized spacial score (nSPS) is 13.5. The molecule has 0 aromatic heterocycles. The summed E-state index contributed by atoms with van der Waals surface area (Å²) in [6.45, 7) is 4.18. The molecule has 0 radical (unpaired) electrons. The first kappa shape index (κ1) is 16.8. The molecule has 0 fully saturated rings. The molecule has 0 bridgehead atoms. The highest BCUT2D eigenvalue weighted by Crippen LogP contribution is 2.24. The van der Waals surface area contributed by atoms with E-state index in [0.717, 1.165) is 23.6 Å². The van der Waals surface area contributed by atoms with Gasteiger partial charge in [0.15, 0.2) is 0 Å². The minimum absolute atomic E-state index is 0.101. The average Bonchev–Trinajstić information content (AvgIpc) is 2.39. The lowest BCUT2D eigenvalue weighted by atomic mass is 10.00. The van der Waals surface area contributed by atoms with E-state index >= 15 is 0 Å². The zero-order valence-electron chi connectivity index (χ0n) is 11.8. The maximum Gasteiger partial charge on any atom is 0.0623 e. The van der Waals surface area contributed by atoms with Gasteiger partial charge in [0.1, 0.15) is 0 Å². The Morgan fingerprint density at radius 3 is 2.79 bits per heavy atom. The van der Waals surface area contributed by atoms with Gasteiger partial charge in [-0.25, -0.2) is 0 Å². The van der Waals surface area contributed by atoms with E-state index in [2.05, 4.69) is 25.3 Å². The number of halogens is 1. The largest absolute Gasteiger partial charge is 0.379 e. The predicted octanol–water partition coefficient (Wildman–Crippen LogP) is 3.47. The summed E-state index contributed by atoms with van der Waals surface area (Å²) in [6.07, 6.45) is 1.94. The van der Waals surface area contributed by atoms with E-state index in [0.29, 0.717) is 0 Å². The molecular weight excluding hydrogens is 280 g/mol. The van der Waals surface area contributed by atoms with Gasteiger partial charge in [-0.2, -0.15) is 0 Å². The monoisotopic (exact) mass is 302 g/mol. The third kappa shape index (κ3) is 6.63. The lowest BCUT2D eigenvalue weighted by molar-refractivity contribution is 0.0122. The molecule has 1 aromatic rings. The molecule has 1 aromatic carbocycles. The van der Waals surface area contributed by atoms with E-state index in [9.17, 15) is 0 Å². The second-order valence-corrected chi connectivity index (χ2v) is 6.66. The molecule has 0 aliphatic carbocycles. The van der Waals surface area contributed by atoms with Crippen LogP contribution < -0.4 is 11.3 Å². The van der Waals surface area contributed by atoms with Gasteiger partial charge in [0.25, 0.3) is 0 Å². The van der Waals surface area contributed by atoms with E-state index in [1.54, 1.807) is 18.9 Å². The van der Waals surface area contributed by atoms with Gasteiger partial charge in [-0.15, -0.1) is 11.8 Å². The van der Waals surface area contributed by atoms with E-state index in [4.69, 9.17) is 22.2 Å². The van der Waals surface area contributed by atoms with Crippen LogP contribution in [0.3, 0.4) is 0 Å². The minimum atomic E-state index is -0.101. The number of thioether (sulfide) groups is 1. The Hall–Kier alpha value is -0.260. The summed E-state index contributed by atoms with van der Waals surface area (Å²) in [5.41, 5.74) is 2.77. The number of ether oxygens (including phenoxy) is 1. The van der Waals surface area contributed by atoms with Gasteiger partial charge in [-0.05, 0) is 44.9 Å². The lowest BCUT2D eigenvalue weighted by Crippen LogP contribution is -2.38. The van der Waals surface area contributed by atoms with Gasteiger partial charge in [-0.3, -0.25) is 11.3 Å². The summed E-state index contributed by atoms with van der Waals surface area (Å²) in [7, 11) is 1.74. The maximum atomic E-state index is 5.96. The van der Waals surface area contributed by atoms with Crippen LogP contribution in [0.4, 0.5) is 0 Å². The number of hydrogen-bond acceptors (Lipinski definition) is 4. The van der Waals surface area contributed by atoms with Crippen LogP contribution in [0, 0.1) is 0 Å². The van der Waals surface area contributed by atoms with Crippen LogP contribution in [0.5, 0.6) is 0 Å². The van der Waals surface area contributed by atoms with Crippen molar-refractivity contribution < 1.29 is 4.74 Å². The minimum Gasteiger partial charge on any atom is -0.379 e. The number of hydrazine groups is 1. The molecule has 0 aliphatic heterocycles. The predicted molar refractivity (Wildman–Crippen MR) is 83.6 cm³/mol. The second kappa shape index (κ2) is 8.12. The molecule has 0 saturated heterocycles. The first-order valence-electron chi connectivity index (χ1n) is 6.36. The third-order valence-corrected chi connectivity index (χ3v) is 4.52. The number of rotatable bonds is 8. The molecule has 3 nitrogen and oxygen atoms in total. The summed E-state index contributed by atoms with van der Waals surface area (Å²) in [5.74, 6) is 6.52. The smallest absolute Gasteiger partial charge is 0.0623 e. The lowest BCUT2D eigenvalue weighted by Gasteiger charge is -2.25. The molecule has 19 heavy (non-hydrogen) atoms. The molecular formula is C14H23ClN2OS. The number of nitrogens with one attached hydrogen (secondary N) is 1. The summed E-state index contributed by atoms with van der Waals surface area (Å²) in [4.78, 5) is 1.17. The Morgan fingerprint density at radius 1 is 1.47 bits per heavy atom. The molecule has 0 amide bonds. The van der Waals surface area contributed by atoms with Crippen LogP contribution in [-0.4, -0.2) is 24.5 Å². The highest BCUT2D eigenvalue weighted by molar-refractivity contribution is 7.99. The van der Waals surface area contributed by atoms with E-state index in [1.807, 2.05) is 18.2 Å². The van der Waals surface area contributed by atoms with E-state index < -0.39 is 0 Å². The first-order chi connectivity index (χ1) is 8.96. The zero-order valence-corrected chi connectivity index (χ0v) is 13.4. The van der Waals surface area contributed by atoms with Crippen molar-refractivity contribution in [1.82, 2.24) is 5.43 Å². The third-order valence-electron chi connectivity index (χ3n) is 3.13. The van der Waals surface area contributed by atoms with Gasteiger partial charge >= 0.3 is 0 Å². The van der Waals surface area contributed by atoms with Gasteiger partial charge < -0.3 is 4.74 Å². The Bertz CT molecular complexity index is 387.